The lowest BCUT2D eigenvalue weighted by Gasteiger charge is -2.19. The molecule has 1 heteroatoms. The summed E-state index contributed by atoms with van der Waals surface area (Å²) < 4.78 is 0. The first kappa shape index (κ1) is 12.8. The fourth-order valence-corrected chi connectivity index (χ4v) is 1.51. The molecule has 0 aliphatic rings. The summed E-state index contributed by atoms with van der Waals surface area (Å²) in [5, 5.41) is 10.2. The first-order chi connectivity index (χ1) is 7.70. The van der Waals surface area contributed by atoms with Crippen molar-refractivity contribution in [3.8, 4) is 11.8 Å². The second kappa shape index (κ2) is 6.35. The Morgan fingerprint density at radius 2 is 1.88 bits per heavy atom. The zero-order valence-corrected chi connectivity index (χ0v) is 10.2. The van der Waals surface area contributed by atoms with Crippen molar-refractivity contribution < 1.29 is 5.11 Å². The van der Waals surface area contributed by atoms with Crippen molar-refractivity contribution in [3.63, 3.8) is 0 Å². The van der Waals surface area contributed by atoms with Crippen LogP contribution in [0.5, 0.6) is 0 Å². The molecule has 0 saturated heterocycles. The summed E-state index contributed by atoms with van der Waals surface area (Å²) in [4.78, 5) is 0. The van der Waals surface area contributed by atoms with Crippen molar-refractivity contribution in [2.75, 3.05) is 0 Å². The average Bonchev–Trinajstić information content (AvgIpc) is 2.35. The lowest BCUT2D eigenvalue weighted by atomic mass is 9.94. The Hall–Kier alpha value is -1.26. The highest BCUT2D eigenvalue weighted by atomic mass is 16.3. The minimum absolute atomic E-state index is 0.687. The van der Waals surface area contributed by atoms with Crippen LogP contribution in [0.15, 0.2) is 30.3 Å². The Morgan fingerprint density at radius 1 is 1.19 bits per heavy atom. The molecule has 1 nitrogen and oxygen atoms in total. The summed E-state index contributed by atoms with van der Waals surface area (Å²) >= 11 is 0. The maximum absolute atomic E-state index is 10.2. The summed E-state index contributed by atoms with van der Waals surface area (Å²) in [5.74, 6) is 6.05. The van der Waals surface area contributed by atoms with Gasteiger partial charge >= 0.3 is 0 Å². The van der Waals surface area contributed by atoms with E-state index < -0.39 is 5.60 Å². The van der Waals surface area contributed by atoms with Gasteiger partial charge in [0.1, 0.15) is 5.60 Å². The summed E-state index contributed by atoms with van der Waals surface area (Å²) in [6.07, 6.45) is 3.57. The number of unbranched alkanes of at least 4 members (excludes halogenated alkanes) is 1. The predicted octanol–water partition coefficient (Wildman–Crippen LogP) is 3.37. The van der Waals surface area contributed by atoms with Crippen LogP contribution in [0, 0.1) is 11.8 Å². The third kappa shape index (κ3) is 4.08. The van der Waals surface area contributed by atoms with Gasteiger partial charge in [0.2, 0.25) is 0 Å². The molecule has 1 aromatic rings. The molecule has 0 spiro atoms. The van der Waals surface area contributed by atoms with Crippen molar-refractivity contribution in [2.45, 2.75) is 45.1 Å². The molecule has 0 fully saturated rings. The molecule has 0 saturated carbocycles. The summed E-state index contributed by atoms with van der Waals surface area (Å²) in [6, 6.07) is 9.81. The van der Waals surface area contributed by atoms with Gasteiger partial charge in [0.05, 0.1) is 0 Å². The third-order valence-corrected chi connectivity index (χ3v) is 2.74. The lowest BCUT2D eigenvalue weighted by molar-refractivity contribution is 0.0851. The molecule has 1 N–H and O–H groups in total. The first-order valence-electron chi connectivity index (χ1n) is 6.01. The standard InChI is InChI=1S/C15H20O/c1-3-5-12-15(16,4-2)13-11-14-9-7-6-8-10-14/h6-10,16H,3-5,12H2,1-2H3. The van der Waals surface area contributed by atoms with Crippen molar-refractivity contribution >= 4 is 0 Å². The molecule has 1 unspecified atom stereocenters. The summed E-state index contributed by atoms with van der Waals surface area (Å²) in [5.41, 5.74) is 0.150. The van der Waals surface area contributed by atoms with Crippen molar-refractivity contribution in [1.29, 1.82) is 0 Å². The van der Waals surface area contributed by atoms with E-state index in [1.165, 1.54) is 0 Å². The smallest absolute Gasteiger partial charge is 0.125 e. The first-order valence-corrected chi connectivity index (χ1v) is 6.01. The van der Waals surface area contributed by atoms with Gasteiger partial charge < -0.3 is 5.11 Å². The molecular weight excluding hydrogens is 196 g/mol. The normalized spacial score (nSPS) is 13.7. The molecule has 0 radical (unpaired) electrons. The molecule has 86 valence electrons. The van der Waals surface area contributed by atoms with E-state index in [4.69, 9.17) is 0 Å². The van der Waals surface area contributed by atoms with E-state index in [9.17, 15) is 5.11 Å². The quantitative estimate of drug-likeness (QED) is 0.765. The Bertz CT molecular complexity index is 358. The van der Waals surface area contributed by atoms with Crippen LogP contribution < -0.4 is 0 Å². The van der Waals surface area contributed by atoms with Gasteiger partial charge in [0, 0.05) is 5.56 Å². The van der Waals surface area contributed by atoms with Gasteiger partial charge in [-0.05, 0) is 31.4 Å². The van der Waals surface area contributed by atoms with Crippen LogP contribution in [0.3, 0.4) is 0 Å². The third-order valence-electron chi connectivity index (χ3n) is 2.74. The average molecular weight is 216 g/mol. The minimum atomic E-state index is -0.814. The number of hydrogen-bond acceptors (Lipinski definition) is 1. The van der Waals surface area contributed by atoms with Crippen molar-refractivity contribution in [3.05, 3.63) is 35.9 Å². The number of benzene rings is 1. The zero-order valence-electron chi connectivity index (χ0n) is 10.2. The second-order valence-corrected chi connectivity index (χ2v) is 4.10. The van der Waals surface area contributed by atoms with Crippen LogP contribution in [0.25, 0.3) is 0 Å². The minimum Gasteiger partial charge on any atom is -0.378 e. The Morgan fingerprint density at radius 3 is 2.44 bits per heavy atom. The van der Waals surface area contributed by atoms with E-state index in [2.05, 4.69) is 18.8 Å². The topological polar surface area (TPSA) is 20.2 Å². The molecule has 0 aliphatic carbocycles. The van der Waals surface area contributed by atoms with Gasteiger partial charge in [-0.2, -0.15) is 0 Å². The zero-order chi connectivity index (χ0) is 11.9. The van der Waals surface area contributed by atoms with Crippen LogP contribution in [0.2, 0.25) is 0 Å². The number of rotatable bonds is 4. The maximum atomic E-state index is 10.2. The van der Waals surface area contributed by atoms with E-state index in [0.29, 0.717) is 6.42 Å². The maximum Gasteiger partial charge on any atom is 0.125 e. The molecule has 0 bridgehead atoms. The van der Waals surface area contributed by atoms with Crippen LogP contribution >= 0.6 is 0 Å². The highest BCUT2D eigenvalue weighted by Crippen LogP contribution is 2.17. The highest BCUT2D eigenvalue weighted by molar-refractivity contribution is 5.35. The van der Waals surface area contributed by atoms with Gasteiger partial charge in [-0.15, -0.1) is 0 Å². The number of aliphatic hydroxyl groups is 1. The Kier molecular flexibility index (Phi) is 5.08. The van der Waals surface area contributed by atoms with E-state index in [0.717, 1.165) is 24.8 Å². The molecule has 0 amide bonds. The van der Waals surface area contributed by atoms with Crippen LogP contribution in [-0.2, 0) is 0 Å². The monoisotopic (exact) mass is 216 g/mol. The fraction of sp³-hybridized carbons (Fsp3) is 0.467. The van der Waals surface area contributed by atoms with E-state index in [1.54, 1.807) is 0 Å². The summed E-state index contributed by atoms with van der Waals surface area (Å²) in [7, 11) is 0. The Balaban J connectivity index is 2.73. The van der Waals surface area contributed by atoms with Crippen LogP contribution in [0.4, 0.5) is 0 Å². The van der Waals surface area contributed by atoms with Crippen molar-refractivity contribution in [1.82, 2.24) is 0 Å². The molecule has 0 aliphatic heterocycles. The van der Waals surface area contributed by atoms with Gasteiger partial charge in [0.25, 0.3) is 0 Å². The van der Waals surface area contributed by atoms with Crippen LogP contribution in [-0.4, -0.2) is 10.7 Å². The number of hydrogen-bond donors (Lipinski definition) is 1. The molecule has 1 atom stereocenters. The largest absolute Gasteiger partial charge is 0.378 e. The second-order valence-electron chi connectivity index (χ2n) is 4.10. The van der Waals surface area contributed by atoms with Crippen molar-refractivity contribution in [2.24, 2.45) is 0 Å². The highest BCUT2D eigenvalue weighted by Gasteiger charge is 2.20. The Labute approximate surface area is 98.5 Å². The fourth-order valence-electron chi connectivity index (χ4n) is 1.51. The molecule has 0 aromatic heterocycles. The summed E-state index contributed by atoms with van der Waals surface area (Å²) in [6.45, 7) is 4.11. The molecule has 1 rings (SSSR count). The van der Waals surface area contributed by atoms with E-state index in [1.807, 2.05) is 37.3 Å². The molecule has 1 aromatic carbocycles. The SMILES string of the molecule is CCCCC(O)(C#Cc1ccccc1)CC. The molecular formula is C15H20O. The van der Waals surface area contributed by atoms with E-state index >= 15 is 0 Å². The predicted molar refractivity (Wildman–Crippen MR) is 68.1 cm³/mol. The van der Waals surface area contributed by atoms with Gasteiger partial charge in [-0.3, -0.25) is 0 Å². The van der Waals surface area contributed by atoms with E-state index in [-0.39, 0.29) is 0 Å². The molecule has 16 heavy (non-hydrogen) atoms. The lowest BCUT2D eigenvalue weighted by Crippen LogP contribution is -2.25. The van der Waals surface area contributed by atoms with Crippen LogP contribution in [0.1, 0.15) is 45.1 Å². The van der Waals surface area contributed by atoms with Gasteiger partial charge in [0.15, 0.2) is 0 Å². The molecule has 0 heterocycles. The van der Waals surface area contributed by atoms with Gasteiger partial charge in [-0.25, -0.2) is 0 Å². The van der Waals surface area contributed by atoms with Gasteiger partial charge in [-0.1, -0.05) is 50.3 Å².